The summed E-state index contributed by atoms with van der Waals surface area (Å²) in [6.45, 7) is 7.32. The lowest BCUT2D eigenvalue weighted by Gasteiger charge is -2.46. The second-order valence-corrected chi connectivity index (χ2v) is 12.4. The minimum atomic E-state index is -4.79. The standard InChI is InChI=1S/C32H40F3N3O5/c1-30(2,3)24-13-17-31(18-14-24)37-27(22-9-11-25(12-10-22)43-32(33,34)35)29(41)38(31)20-16-21-5-7-23(8-6-21)28(40)36-19-15-26(39)42-4/h5-12,24,27,37H,13-20H2,1-4H3,(H,36,40). The molecule has 0 bridgehead atoms. The average Bonchev–Trinajstić information content (AvgIpc) is 3.21. The van der Waals surface area contributed by atoms with E-state index in [9.17, 15) is 27.6 Å². The molecule has 11 heteroatoms. The predicted octanol–water partition coefficient (Wildman–Crippen LogP) is 5.53. The van der Waals surface area contributed by atoms with Crippen molar-refractivity contribution >= 4 is 17.8 Å². The molecule has 2 N–H and O–H groups in total. The molecular weight excluding hydrogens is 563 g/mol. The third-order valence-corrected chi connectivity index (χ3v) is 8.61. The van der Waals surface area contributed by atoms with Gasteiger partial charge in [-0.05, 0) is 78.8 Å². The van der Waals surface area contributed by atoms with E-state index in [1.165, 1.54) is 31.4 Å². The molecule has 8 nitrogen and oxygen atoms in total. The van der Waals surface area contributed by atoms with Gasteiger partial charge >= 0.3 is 12.3 Å². The smallest absolute Gasteiger partial charge is 0.469 e. The fourth-order valence-electron chi connectivity index (χ4n) is 6.11. The Hall–Kier alpha value is -3.60. The van der Waals surface area contributed by atoms with Gasteiger partial charge in [-0.1, -0.05) is 45.0 Å². The third kappa shape index (κ3) is 8.07. The number of rotatable bonds is 9. The van der Waals surface area contributed by atoms with E-state index in [4.69, 9.17) is 0 Å². The van der Waals surface area contributed by atoms with E-state index in [2.05, 4.69) is 40.9 Å². The van der Waals surface area contributed by atoms with Crippen molar-refractivity contribution in [2.75, 3.05) is 20.2 Å². The van der Waals surface area contributed by atoms with Crippen LogP contribution in [0.2, 0.25) is 0 Å². The lowest BCUT2D eigenvalue weighted by molar-refractivity contribution is -0.274. The van der Waals surface area contributed by atoms with Crippen molar-refractivity contribution in [2.24, 2.45) is 11.3 Å². The van der Waals surface area contributed by atoms with Crippen molar-refractivity contribution < 1.29 is 37.0 Å². The second-order valence-electron chi connectivity index (χ2n) is 12.4. The van der Waals surface area contributed by atoms with Crippen LogP contribution < -0.4 is 15.4 Å². The Morgan fingerprint density at radius 3 is 2.21 bits per heavy atom. The predicted molar refractivity (Wildman–Crippen MR) is 154 cm³/mol. The first kappa shape index (κ1) is 32.3. The molecule has 1 spiro atoms. The molecule has 1 aliphatic heterocycles. The van der Waals surface area contributed by atoms with E-state index in [1.807, 2.05) is 17.0 Å². The van der Waals surface area contributed by atoms with Crippen LogP contribution in [-0.4, -0.2) is 54.9 Å². The van der Waals surface area contributed by atoms with Gasteiger partial charge in [-0.25, -0.2) is 0 Å². The average molecular weight is 604 g/mol. The molecule has 4 rings (SSSR count). The molecule has 43 heavy (non-hydrogen) atoms. The van der Waals surface area contributed by atoms with Gasteiger partial charge in [-0.15, -0.1) is 13.2 Å². The van der Waals surface area contributed by atoms with Crippen LogP contribution in [0.3, 0.4) is 0 Å². The number of carbonyl (C=O) groups excluding carboxylic acids is 3. The molecule has 234 valence electrons. The lowest BCUT2D eigenvalue weighted by atomic mass is 9.69. The van der Waals surface area contributed by atoms with Gasteiger partial charge < -0.3 is 19.7 Å². The van der Waals surface area contributed by atoms with E-state index in [0.29, 0.717) is 30.0 Å². The van der Waals surface area contributed by atoms with E-state index in [1.54, 1.807) is 12.1 Å². The summed E-state index contributed by atoms with van der Waals surface area (Å²) in [4.78, 5) is 39.4. The Morgan fingerprint density at radius 2 is 1.65 bits per heavy atom. The summed E-state index contributed by atoms with van der Waals surface area (Å²) in [5, 5.41) is 6.27. The highest BCUT2D eigenvalue weighted by Crippen LogP contribution is 2.46. The van der Waals surface area contributed by atoms with Gasteiger partial charge in [0.2, 0.25) is 5.91 Å². The Morgan fingerprint density at radius 1 is 1.02 bits per heavy atom. The summed E-state index contributed by atoms with van der Waals surface area (Å²) in [5.74, 6) is -0.625. The highest BCUT2D eigenvalue weighted by Gasteiger charge is 2.52. The van der Waals surface area contributed by atoms with E-state index < -0.39 is 24.0 Å². The summed E-state index contributed by atoms with van der Waals surface area (Å²) >= 11 is 0. The number of alkyl halides is 3. The zero-order valence-electron chi connectivity index (χ0n) is 25.1. The molecule has 1 atom stereocenters. The fourth-order valence-corrected chi connectivity index (χ4v) is 6.11. The van der Waals surface area contributed by atoms with Crippen molar-refractivity contribution in [3.05, 3.63) is 65.2 Å². The SMILES string of the molecule is COC(=O)CCNC(=O)c1ccc(CCN2C(=O)C(c3ccc(OC(F)(F)F)cc3)NC23CCC(C(C)(C)C)CC3)cc1. The molecule has 2 amide bonds. The zero-order chi connectivity index (χ0) is 31.4. The van der Waals surface area contributed by atoms with Crippen LogP contribution in [0, 0.1) is 11.3 Å². The molecule has 1 saturated heterocycles. The van der Waals surface area contributed by atoms with Crippen molar-refractivity contribution in [3.63, 3.8) is 0 Å². The number of halogens is 3. The molecule has 2 aromatic carbocycles. The van der Waals surface area contributed by atoms with Crippen LogP contribution in [0.15, 0.2) is 48.5 Å². The van der Waals surface area contributed by atoms with Crippen molar-refractivity contribution in [1.82, 2.24) is 15.5 Å². The van der Waals surface area contributed by atoms with Gasteiger partial charge in [0.25, 0.3) is 5.91 Å². The van der Waals surface area contributed by atoms with Crippen molar-refractivity contribution in [3.8, 4) is 5.75 Å². The van der Waals surface area contributed by atoms with Gasteiger partial charge in [-0.3, -0.25) is 19.7 Å². The Labute approximate surface area is 250 Å². The summed E-state index contributed by atoms with van der Waals surface area (Å²) in [5.41, 5.74) is 1.60. The Kier molecular flexibility index (Phi) is 9.73. The first-order valence-electron chi connectivity index (χ1n) is 14.6. The van der Waals surface area contributed by atoms with Crippen LogP contribution in [0.1, 0.15) is 80.4 Å². The number of nitrogens with one attached hydrogen (secondary N) is 2. The van der Waals surface area contributed by atoms with Crippen LogP contribution in [-0.2, 0) is 20.7 Å². The minimum absolute atomic E-state index is 0.0863. The Bertz CT molecular complexity index is 1280. The van der Waals surface area contributed by atoms with Gasteiger partial charge in [0.15, 0.2) is 0 Å². The first-order valence-corrected chi connectivity index (χ1v) is 14.6. The number of ether oxygens (including phenoxy) is 2. The molecular formula is C32H40F3N3O5. The zero-order valence-corrected chi connectivity index (χ0v) is 25.1. The number of hydrogen-bond donors (Lipinski definition) is 2. The fraction of sp³-hybridized carbons (Fsp3) is 0.531. The number of carbonyl (C=O) groups is 3. The van der Waals surface area contributed by atoms with Gasteiger partial charge in [-0.2, -0.15) is 0 Å². The molecule has 2 fully saturated rings. The maximum atomic E-state index is 13.9. The van der Waals surface area contributed by atoms with Crippen LogP contribution in [0.25, 0.3) is 0 Å². The summed E-state index contributed by atoms with van der Waals surface area (Å²) in [7, 11) is 1.29. The van der Waals surface area contributed by atoms with Crippen LogP contribution in [0.4, 0.5) is 13.2 Å². The van der Waals surface area contributed by atoms with Crippen LogP contribution in [0.5, 0.6) is 5.75 Å². The topological polar surface area (TPSA) is 97.0 Å². The molecule has 1 aliphatic carbocycles. The molecule has 0 radical (unpaired) electrons. The molecule has 1 unspecified atom stereocenters. The third-order valence-electron chi connectivity index (χ3n) is 8.61. The van der Waals surface area contributed by atoms with Gasteiger partial charge in [0.1, 0.15) is 11.8 Å². The maximum absolute atomic E-state index is 13.9. The molecule has 0 aromatic heterocycles. The molecule has 1 saturated carbocycles. The summed E-state index contributed by atoms with van der Waals surface area (Å²) in [6, 6.07) is 11.9. The van der Waals surface area contributed by atoms with Crippen LogP contribution >= 0.6 is 0 Å². The number of hydrogen-bond acceptors (Lipinski definition) is 6. The van der Waals surface area contributed by atoms with Crippen molar-refractivity contribution in [2.45, 2.75) is 77.4 Å². The molecule has 2 aromatic rings. The largest absolute Gasteiger partial charge is 0.573 e. The number of methoxy groups -OCH3 is 1. The normalized spacial score (nSPS) is 22.5. The second kappa shape index (κ2) is 13.0. The maximum Gasteiger partial charge on any atom is 0.573 e. The van der Waals surface area contributed by atoms with E-state index >= 15 is 0 Å². The quantitative estimate of drug-likeness (QED) is 0.366. The first-order chi connectivity index (χ1) is 20.2. The number of amides is 2. The van der Waals surface area contributed by atoms with Gasteiger partial charge in [0.05, 0.1) is 19.2 Å². The molecule has 2 aliphatic rings. The monoisotopic (exact) mass is 603 g/mol. The highest BCUT2D eigenvalue weighted by molar-refractivity contribution is 5.94. The Balaban J connectivity index is 1.47. The van der Waals surface area contributed by atoms with Gasteiger partial charge in [0, 0.05) is 18.7 Å². The minimum Gasteiger partial charge on any atom is -0.469 e. The summed E-state index contributed by atoms with van der Waals surface area (Å²) in [6.07, 6.45) is -0.692. The number of nitrogens with zero attached hydrogens (tertiary/aromatic N) is 1. The lowest BCUT2D eigenvalue weighted by Crippen LogP contribution is -2.55. The highest BCUT2D eigenvalue weighted by atomic mass is 19.4. The van der Waals surface area contributed by atoms with Crippen molar-refractivity contribution in [1.29, 1.82) is 0 Å². The van der Waals surface area contributed by atoms with E-state index in [0.717, 1.165) is 31.2 Å². The number of esters is 1. The summed E-state index contributed by atoms with van der Waals surface area (Å²) < 4.78 is 46.5. The van der Waals surface area contributed by atoms with E-state index in [-0.39, 0.29) is 35.9 Å². The number of benzene rings is 2. The molecule has 1 heterocycles.